The predicted octanol–water partition coefficient (Wildman–Crippen LogP) is 3.84. The second kappa shape index (κ2) is 6.94. The molecule has 0 heterocycles. The van der Waals surface area contributed by atoms with Crippen LogP contribution < -0.4 is 0 Å². The molecule has 16 heavy (non-hydrogen) atoms. The molecule has 0 saturated carbocycles. The molecule has 86 valence electrons. The lowest BCUT2D eigenvalue weighted by Crippen LogP contribution is -1.97. The van der Waals surface area contributed by atoms with Crippen molar-refractivity contribution in [2.24, 2.45) is 0 Å². The van der Waals surface area contributed by atoms with Gasteiger partial charge in [0.15, 0.2) is 11.6 Å². The first-order chi connectivity index (χ1) is 7.74. The summed E-state index contributed by atoms with van der Waals surface area (Å²) in [7, 11) is 0. The summed E-state index contributed by atoms with van der Waals surface area (Å²) in [4.78, 5) is 11.1. The topological polar surface area (TPSA) is 17.1 Å². The first kappa shape index (κ1) is 12.6. The van der Waals surface area contributed by atoms with E-state index in [2.05, 4.69) is 0 Å². The summed E-state index contributed by atoms with van der Waals surface area (Å²) in [5.41, 5.74) is 1.16. The monoisotopic (exact) mass is 220 g/mol. The van der Waals surface area contributed by atoms with Gasteiger partial charge in [-0.15, -0.1) is 0 Å². The van der Waals surface area contributed by atoms with Crippen LogP contribution in [0.4, 0.5) is 4.39 Å². The molecule has 0 saturated heterocycles. The van der Waals surface area contributed by atoms with Crippen molar-refractivity contribution in [1.29, 1.82) is 0 Å². The molecule has 0 fully saturated rings. The summed E-state index contributed by atoms with van der Waals surface area (Å²) in [6.45, 7) is 1.87. The largest absolute Gasteiger partial charge is 0.292 e. The van der Waals surface area contributed by atoms with Crippen molar-refractivity contribution >= 4 is 5.78 Å². The highest BCUT2D eigenvalue weighted by atomic mass is 19.1. The minimum atomic E-state index is -0.585. The Bertz CT molecular complexity index is 354. The number of hydrogen-bond acceptors (Lipinski definition) is 1. The highest BCUT2D eigenvalue weighted by molar-refractivity contribution is 5.93. The quantitative estimate of drug-likeness (QED) is 0.666. The number of rotatable bonds is 6. The van der Waals surface area contributed by atoms with E-state index in [0.29, 0.717) is 19.3 Å². The third-order valence-corrected chi connectivity index (χ3v) is 2.34. The van der Waals surface area contributed by atoms with Crippen molar-refractivity contribution in [2.75, 3.05) is 0 Å². The van der Waals surface area contributed by atoms with E-state index in [-0.39, 0.29) is 5.78 Å². The lowest BCUT2D eigenvalue weighted by Gasteiger charge is -1.98. The molecule has 1 nitrogen and oxygen atoms in total. The zero-order chi connectivity index (χ0) is 11.8. The van der Waals surface area contributed by atoms with Crippen molar-refractivity contribution in [3.63, 3.8) is 0 Å². The number of benzene rings is 1. The van der Waals surface area contributed by atoms with Gasteiger partial charge in [-0.1, -0.05) is 37.3 Å². The van der Waals surface area contributed by atoms with Gasteiger partial charge in [0.1, 0.15) is 0 Å². The Kier molecular flexibility index (Phi) is 5.48. The number of halogens is 1. The molecule has 0 radical (unpaired) electrons. The fourth-order valence-corrected chi connectivity index (χ4v) is 1.47. The average Bonchev–Trinajstić information content (AvgIpc) is 2.30. The number of carbonyl (C=O) groups excluding carboxylic acids is 1. The molecule has 0 amide bonds. The fourth-order valence-electron chi connectivity index (χ4n) is 1.47. The molecule has 0 atom stereocenters. The summed E-state index contributed by atoms with van der Waals surface area (Å²) < 4.78 is 13.2. The van der Waals surface area contributed by atoms with Gasteiger partial charge in [0.25, 0.3) is 0 Å². The number of allylic oxidation sites excluding steroid dienone is 2. The summed E-state index contributed by atoms with van der Waals surface area (Å²) >= 11 is 0. The van der Waals surface area contributed by atoms with Crippen LogP contribution >= 0.6 is 0 Å². The maximum atomic E-state index is 13.2. The maximum absolute atomic E-state index is 13.2. The highest BCUT2D eigenvalue weighted by Gasteiger charge is 2.05. The average molecular weight is 220 g/mol. The second-order valence-electron chi connectivity index (χ2n) is 3.75. The van der Waals surface area contributed by atoms with Crippen molar-refractivity contribution in [1.82, 2.24) is 0 Å². The maximum Gasteiger partial charge on any atom is 0.190 e. The van der Waals surface area contributed by atoms with E-state index in [9.17, 15) is 9.18 Å². The van der Waals surface area contributed by atoms with E-state index in [0.717, 1.165) is 12.0 Å². The van der Waals surface area contributed by atoms with Gasteiger partial charge in [-0.2, -0.15) is 0 Å². The van der Waals surface area contributed by atoms with Crippen molar-refractivity contribution in [2.45, 2.75) is 32.6 Å². The molecule has 0 spiro atoms. The lowest BCUT2D eigenvalue weighted by molar-refractivity contribution is -0.117. The van der Waals surface area contributed by atoms with Crippen LogP contribution in [0.15, 0.2) is 42.2 Å². The minimum absolute atomic E-state index is 0.299. The summed E-state index contributed by atoms with van der Waals surface area (Å²) in [6.07, 6.45) is 3.73. The molecule has 0 N–H and O–H groups in total. The molecular weight excluding hydrogens is 203 g/mol. The number of Topliss-reactive ketones (excluding diaryl/α,β-unsaturated/α-hetero) is 1. The molecule has 0 aliphatic carbocycles. The Labute approximate surface area is 96.0 Å². The Hall–Kier alpha value is -1.44. The molecule has 0 aliphatic heterocycles. The van der Waals surface area contributed by atoms with E-state index in [1.807, 2.05) is 37.3 Å². The van der Waals surface area contributed by atoms with Crippen LogP contribution in [0.25, 0.3) is 0 Å². The SMILES string of the molecule is CCCC(=O)/C(F)=C\CCc1ccccc1. The van der Waals surface area contributed by atoms with Gasteiger partial charge in [0.05, 0.1) is 0 Å². The third kappa shape index (κ3) is 4.39. The van der Waals surface area contributed by atoms with Crippen LogP contribution in [-0.4, -0.2) is 5.78 Å². The smallest absolute Gasteiger partial charge is 0.190 e. The zero-order valence-corrected chi connectivity index (χ0v) is 9.58. The summed E-state index contributed by atoms with van der Waals surface area (Å²) in [5, 5.41) is 0. The standard InChI is InChI=1S/C14H17FO/c1-2-7-14(16)13(15)11-6-10-12-8-4-3-5-9-12/h3-5,8-9,11H,2,6-7,10H2,1H3/b13-11+. The van der Waals surface area contributed by atoms with E-state index >= 15 is 0 Å². The number of carbonyl (C=O) groups is 1. The molecule has 1 aromatic rings. The first-order valence-electron chi connectivity index (χ1n) is 5.66. The minimum Gasteiger partial charge on any atom is -0.292 e. The van der Waals surface area contributed by atoms with Crippen LogP contribution in [0.5, 0.6) is 0 Å². The Morgan fingerprint density at radius 3 is 2.62 bits per heavy atom. The van der Waals surface area contributed by atoms with Crippen LogP contribution in [0.3, 0.4) is 0 Å². The first-order valence-corrected chi connectivity index (χ1v) is 5.66. The lowest BCUT2D eigenvalue weighted by atomic mass is 10.1. The van der Waals surface area contributed by atoms with Gasteiger partial charge < -0.3 is 0 Å². The van der Waals surface area contributed by atoms with Crippen LogP contribution in [-0.2, 0) is 11.2 Å². The van der Waals surface area contributed by atoms with Gasteiger partial charge in [-0.25, -0.2) is 4.39 Å². The summed E-state index contributed by atoms with van der Waals surface area (Å²) in [6, 6.07) is 9.86. The van der Waals surface area contributed by atoms with Gasteiger partial charge in [0, 0.05) is 6.42 Å². The van der Waals surface area contributed by atoms with Crippen LogP contribution in [0.1, 0.15) is 31.7 Å². The highest BCUT2D eigenvalue weighted by Crippen LogP contribution is 2.08. The molecule has 0 aliphatic rings. The Morgan fingerprint density at radius 1 is 1.31 bits per heavy atom. The van der Waals surface area contributed by atoms with Gasteiger partial charge >= 0.3 is 0 Å². The molecule has 1 aromatic carbocycles. The number of hydrogen-bond donors (Lipinski definition) is 0. The molecule has 0 bridgehead atoms. The van der Waals surface area contributed by atoms with Crippen LogP contribution in [0.2, 0.25) is 0 Å². The van der Waals surface area contributed by atoms with Gasteiger partial charge in [-0.05, 0) is 30.9 Å². The second-order valence-corrected chi connectivity index (χ2v) is 3.75. The summed E-state index contributed by atoms with van der Waals surface area (Å²) in [5.74, 6) is -0.964. The number of ketones is 1. The van der Waals surface area contributed by atoms with E-state index in [4.69, 9.17) is 0 Å². The normalized spacial score (nSPS) is 11.5. The van der Waals surface area contributed by atoms with Crippen molar-refractivity contribution in [3.8, 4) is 0 Å². The Balaban J connectivity index is 2.39. The molecule has 0 aromatic heterocycles. The Morgan fingerprint density at radius 2 is 2.00 bits per heavy atom. The molecule has 2 heteroatoms. The molecule has 1 rings (SSSR count). The van der Waals surface area contributed by atoms with E-state index < -0.39 is 5.83 Å². The van der Waals surface area contributed by atoms with Gasteiger partial charge in [-0.3, -0.25) is 4.79 Å². The predicted molar refractivity (Wildman–Crippen MR) is 63.9 cm³/mol. The number of aryl methyl sites for hydroxylation is 1. The fraction of sp³-hybridized carbons (Fsp3) is 0.357. The van der Waals surface area contributed by atoms with Crippen molar-refractivity contribution < 1.29 is 9.18 Å². The van der Waals surface area contributed by atoms with E-state index in [1.54, 1.807) is 0 Å². The zero-order valence-electron chi connectivity index (χ0n) is 9.58. The van der Waals surface area contributed by atoms with Crippen molar-refractivity contribution in [3.05, 3.63) is 47.8 Å². The van der Waals surface area contributed by atoms with Crippen LogP contribution in [0, 0.1) is 0 Å². The van der Waals surface area contributed by atoms with E-state index in [1.165, 1.54) is 6.08 Å². The molecular formula is C14H17FO. The third-order valence-electron chi connectivity index (χ3n) is 2.34. The molecule has 0 unspecified atom stereocenters. The van der Waals surface area contributed by atoms with Gasteiger partial charge in [0.2, 0.25) is 0 Å².